The van der Waals surface area contributed by atoms with Crippen LogP contribution in [0.1, 0.15) is 16.8 Å². The molecule has 3 rings (SSSR count). The molecule has 4 nitrogen and oxygen atoms in total. The summed E-state index contributed by atoms with van der Waals surface area (Å²) in [5, 5.41) is 0. The third-order valence-corrected chi connectivity index (χ3v) is 4.49. The maximum Gasteiger partial charge on any atom is 0.153 e. The number of ether oxygens (including phenoxy) is 1. The number of piperazine rings is 1. The highest BCUT2D eigenvalue weighted by Crippen LogP contribution is 2.18. The van der Waals surface area contributed by atoms with Crippen LogP contribution < -0.4 is 9.64 Å². The van der Waals surface area contributed by atoms with Gasteiger partial charge in [0.15, 0.2) is 6.29 Å². The van der Waals surface area contributed by atoms with E-state index in [2.05, 4.69) is 9.80 Å². The highest BCUT2D eigenvalue weighted by atomic mass is 19.1. The Bertz CT molecular complexity index is 682. The van der Waals surface area contributed by atoms with Gasteiger partial charge in [0, 0.05) is 38.4 Å². The molecule has 2 aromatic carbocycles. The summed E-state index contributed by atoms with van der Waals surface area (Å²) in [5.41, 5.74) is 1.67. The van der Waals surface area contributed by atoms with Crippen molar-refractivity contribution in [2.24, 2.45) is 0 Å². The van der Waals surface area contributed by atoms with Crippen molar-refractivity contribution in [2.75, 3.05) is 44.2 Å². The predicted octanol–water partition coefficient (Wildman–Crippen LogP) is 3.23. The number of benzene rings is 2. The highest BCUT2D eigenvalue weighted by Gasteiger charge is 2.16. The van der Waals surface area contributed by atoms with Crippen LogP contribution >= 0.6 is 0 Å². The predicted molar refractivity (Wildman–Crippen MR) is 97.0 cm³/mol. The zero-order chi connectivity index (χ0) is 17.5. The minimum atomic E-state index is -0.196. The molecular formula is C20H23FN2O2. The van der Waals surface area contributed by atoms with Gasteiger partial charge in [-0.05, 0) is 42.8 Å². The lowest BCUT2D eigenvalue weighted by molar-refractivity contribution is 0.111. The summed E-state index contributed by atoms with van der Waals surface area (Å²) in [6.45, 7) is 5.44. The van der Waals surface area contributed by atoms with E-state index < -0.39 is 0 Å². The number of hydrogen-bond acceptors (Lipinski definition) is 4. The molecule has 0 radical (unpaired) electrons. The van der Waals surface area contributed by atoms with Crippen molar-refractivity contribution >= 4 is 12.0 Å². The van der Waals surface area contributed by atoms with Gasteiger partial charge in [-0.1, -0.05) is 12.1 Å². The fourth-order valence-corrected chi connectivity index (χ4v) is 3.06. The molecule has 0 aliphatic carbocycles. The maximum absolute atomic E-state index is 13.0. The molecular weight excluding hydrogens is 319 g/mol. The van der Waals surface area contributed by atoms with Crippen molar-refractivity contribution < 1.29 is 13.9 Å². The molecule has 25 heavy (non-hydrogen) atoms. The minimum absolute atomic E-state index is 0.196. The Hall–Kier alpha value is -2.40. The SMILES string of the molecule is O=Cc1ccccc1OCCCN1CCN(c2ccc(F)cc2)CC1. The van der Waals surface area contributed by atoms with E-state index in [1.807, 2.05) is 30.3 Å². The lowest BCUT2D eigenvalue weighted by atomic mass is 10.2. The van der Waals surface area contributed by atoms with Gasteiger partial charge in [0.05, 0.1) is 12.2 Å². The normalized spacial score (nSPS) is 15.2. The first-order chi connectivity index (χ1) is 12.3. The molecule has 1 aliphatic heterocycles. The van der Waals surface area contributed by atoms with E-state index in [4.69, 9.17) is 4.74 Å². The van der Waals surface area contributed by atoms with Crippen LogP contribution in [0.2, 0.25) is 0 Å². The van der Waals surface area contributed by atoms with Crippen LogP contribution in [0.5, 0.6) is 5.75 Å². The summed E-state index contributed by atoms with van der Waals surface area (Å²) in [7, 11) is 0. The average Bonchev–Trinajstić information content (AvgIpc) is 2.67. The van der Waals surface area contributed by atoms with Crippen molar-refractivity contribution in [1.82, 2.24) is 4.90 Å². The second kappa shape index (κ2) is 8.62. The molecule has 2 aromatic rings. The van der Waals surface area contributed by atoms with Crippen LogP contribution in [0.15, 0.2) is 48.5 Å². The Kier molecular flexibility index (Phi) is 6.01. The van der Waals surface area contributed by atoms with Gasteiger partial charge in [0.2, 0.25) is 0 Å². The molecule has 0 spiro atoms. The second-order valence-corrected chi connectivity index (χ2v) is 6.16. The molecule has 0 unspecified atom stereocenters. The van der Waals surface area contributed by atoms with Crippen molar-refractivity contribution in [1.29, 1.82) is 0 Å². The molecule has 132 valence electrons. The molecule has 0 saturated carbocycles. The average molecular weight is 342 g/mol. The first-order valence-electron chi connectivity index (χ1n) is 8.66. The summed E-state index contributed by atoms with van der Waals surface area (Å²) in [6, 6.07) is 14.0. The van der Waals surface area contributed by atoms with Crippen molar-refractivity contribution in [3.8, 4) is 5.75 Å². The summed E-state index contributed by atoms with van der Waals surface area (Å²) in [5.74, 6) is 0.456. The first-order valence-corrected chi connectivity index (χ1v) is 8.66. The second-order valence-electron chi connectivity index (χ2n) is 6.16. The quantitative estimate of drug-likeness (QED) is 0.571. The van der Waals surface area contributed by atoms with Gasteiger partial charge in [-0.15, -0.1) is 0 Å². The number of rotatable bonds is 7. The van der Waals surface area contributed by atoms with Gasteiger partial charge >= 0.3 is 0 Å². The summed E-state index contributed by atoms with van der Waals surface area (Å²) in [6.07, 6.45) is 1.74. The van der Waals surface area contributed by atoms with E-state index >= 15 is 0 Å². The number of halogens is 1. The van der Waals surface area contributed by atoms with Gasteiger partial charge < -0.3 is 9.64 Å². The molecule has 1 fully saturated rings. The zero-order valence-corrected chi connectivity index (χ0v) is 14.2. The number of anilines is 1. The lowest BCUT2D eigenvalue weighted by Gasteiger charge is -2.36. The van der Waals surface area contributed by atoms with E-state index in [1.165, 1.54) is 12.1 Å². The topological polar surface area (TPSA) is 32.8 Å². The molecule has 0 amide bonds. The van der Waals surface area contributed by atoms with Crippen LogP contribution in [-0.2, 0) is 0 Å². The van der Waals surface area contributed by atoms with E-state index in [9.17, 15) is 9.18 Å². The monoisotopic (exact) mass is 342 g/mol. The summed E-state index contributed by atoms with van der Waals surface area (Å²) in [4.78, 5) is 15.7. The Morgan fingerprint density at radius 1 is 1.00 bits per heavy atom. The molecule has 1 aliphatic rings. The molecule has 5 heteroatoms. The van der Waals surface area contributed by atoms with Crippen LogP contribution in [0.3, 0.4) is 0 Å². The van der Waals surface area contributed by atoms with Crippen LogP contribution in [0.25, 0.3) is 0 Å². The first kappa shape index (κ1) is 17.4. The summed E-state index contributed by atoms with van der Waals surface area (Å²) < 4.78 is 18.7. The Balaban J connectivity index is 1.38. The number of nitrogens with zero attached hydrogens (tertiary/aromatic N) is 2. The molecule has 0 bridgehead atoms. The van der Waals surface area contributed by atoms with Crippen molar-refractivity contribution in [2.45, 2.75) is 6.42 Å². The van der Waals surface area contributed by atoms with Crippen LogP contribution in [0, 0.1) is 5.82 Å². The van der Waals surface area contributed by atoms with Crippen LogP contribution in [-0.4, -0.2) is 50.5 Å². The number of aldehydes is 1. The molecule has 0 atom stereocenters. The number of carbonyl (C=O) groups excluding carboxylic acids is 1. The maximum atomic E-state index is 13.0. The van der Waals surface area contributed by atoms with E-state index in [0.717, 1.165) is 51.1 Å². The molecule has 0 aromatic heterocycles. The van der Waals surface area contributed by atoms with Gasteiger partial charge in [-0.25, -0.2) is 4.39 Å². The Morgan fingerprint density at radius 2 is 1.72 bits per heavy atom. The fraction of sp³-hybridized carbons (Fsp3) is 0.350. The number of carbonyl (C=O) groups is 1. The summed E-state index contributed by atoms with van der Waals surface area (Å²) >= 11 is 0. The van der Waals surface area contributed by atoms with Crippen LogP contribution in [0.4, 0.5) is 10.1 Å². The van der Waals surface area contributed by atoms with Gasteiger partial charge in [-0.3, -0.25) is 9.69 Å². The third kappa shape index (κ3) is 4.79. The Labute approximate surface area is 147 Å². The van der Waals surface area contributed by atoms with E-state index in [1.54, 1.807) is 6.07 Å². The standard InChI is InChI=1S/C20H23FN2O2/c21-18-6-8-19(9-7-18)23-13-11-22(12-14-23)10-3-15-25-20-5-2-1-4-17(20)16-24/h1-2,4-9,16H,3,10-15H2. The Morgan fingerprint density at radius 3 is 2.44 bits per heavy atom. The fourth-order valence-electron chi connectivity index (χ4n) is 3.06. The van der Waals surface area contributed by atoms with E-state index in [0.29, 0.717) is 17.9 Å². The highest BCUT2D eigenvalue weighted by molar-refractivity contribution is 5.79. The number of hydrogen-bond donors (Lipinski definition) is 0. The van der Waals surface area contributed by atoms with E-state index in [-0.39, 0.29) is 5.82 Å². The van der Waals surface area contributed by atoms with Crippen molar-refractivity contribution in [3.63, 3.8) is 0 Å². The largest absolute Gasteiger partial charge is 0.493 e. The van der Waals surface area contributed by atoms with Gasteiger partial charge in [0.1, 0.15) is 11.6 Å². The molecule has 0 N–H and O–H groups in total. The minimum Gasteiger partial charge on any atom is -0.493 e. The third-order valence-electron chi connectivity index (χ3n) is 4.49. The molecule has 1 heterocycles. The van der Waals surface area contributed by atoms with Crippen molar-refractivity contribution in [3.05, 3.63) is 59.9 Å². The zero-order valence-electron chi connectivity index (χ0n) is 14.2. The lowest BCUT2D eigenvalue weighted by Crippen LogP contribution is -2.46. The van der Waals surface area contributed by atoms with Gasteiger partial charge in [0.25, 0.3) is 0 Å². The van der Waals surface area contributed by atoms with Gasteiger partial charge in [-0.2, -0.15) is 0 Å². The molecule has 1 saturated heterocycles. The number of para-hydroxylation sites is 1. The smallest absolute Gasteiger partial charge is 0.153 e.